The Kier molecular flexibility index (Phi) is 5.80. The van der Waals surface area contributed by atoms with E-state index in [9.17, 15) is 14.9 Å². The van der Waals surface area contributed by atoms with E-state index < -0.39 is 10.8 Å². The highest BCUT2D eigenvalue weighted by Crippen LogP contribution is 2.29. The van der Waals surface area contributed by atoms with Gasteiger partial charge in [-0.25, -0.2) is 4.98 Å². The number of amides is 1. The molecule has 2 aromatic heterocycles. The molecule has 144 valence electrons. The lowest BCUT2D eigenvalue weighted by Gasteiger charge is -2.11. The number of oxazole rings is 1. The van der Waals surface area contributed by atoms with Crippen LogP contribution in [-0.4, -0.2) is 34.0 Å². The first-order valence-electron chi connectivity index (χ1n) is 8.39. The number of rotatable bonds is 8. The van der Waals surface area contributed by atoms with E-state index in [-0.39, 0.29) is 23.9 Å². The monoisotopic (exact) mass is 383 g/mol. The number of carbonyl (C=O) groups excluding carboxylic acids is 1. The van der Waals surface area contributed by atoms with Crippen LogP contribution in [0.4, 0.5) is 17.4 Å². The Hall–Kier alpha value is -3.95. The predicted molar refractivity (Wildman–Crippen MR) is 101 cm³/mol. The second kappa shape index (κ2) is 8.62. The number of pyridine rings is 1. The van der Waals surface area contributed by atoms with Crippen LogP contribution < -0.4 is 15.4 Å². The number of non-ortho nitro benzene ring substituents is 1. The Morgan fingerprint density at radius 3 is 2.86 bits per heavy atom. The van der Waals surface area contributed by atoms with Crippen LogP contribution in [0.1, 0.15) is 6.92 Å². The van der Waals surface area contributed by atoms with E-state index in [1.54, 1.807) is 25.3 Å². The third kappa shape index (κ3) is 4.61. The molecule has 0 aliphatic carbocycles. The molecule has 0 fully saturated rings. The summed E-state index contributed by atoms with van der Waals surface area (Å²) in [6.07, 6.45) is 3.13. The number of nitro benzene ring substituents is 1. The molecule has 0 bridgehead atoms. The standard InChI is InChI=1S/C18H17N5O5/c1-2-27-15-7-6-12(23(25)26)9-14(15)22-17(24)11-21-18-20-10-16(28-18)13-5-3-4-8-19-13/h3-10H,2,11H2,1H3,(H,20,21)(H,22,24). The molecule has 0 saturated heterocycles. The number of nitro groups is 1. The second-order valence-electron chi connectivity index (χ2n) is 5.52. The van der Waals surface area contributed by atoms with E-state index in [1.165, 1.54) is 24.4 Å². The molecular formula is C18H17N5O5. The van der Waals surface area contributed by atoms with Gasteiger partial charge in [0.25, 0.3) is 11.7 Å². The van der Waals surface area contributed by atoms with Crippen molar-refractivity contribution >= 4 is 23.3 Å². The third-order valence-corrected chi connectivity index (χ3v) is 3.57. The molecule has 0 atom stereocenters. The van der Waals surface area contributed by atoms with Gasteiger partial charge in [-0.15, -0.1) is 0 Å². The molecule has 0 aliphatic rings. The number of aromatic nitrogens is 2. The van der Waals surface area contributed by atoms with Crippen molar-refractivity contribution in [3.8, 4) is 17.2 Å². The van der Waals surface area contributed by atoms with Gasteiger partial charge in [0.15, 0.2) is 5.76 Å². The molecule has 10 nitrogen and oxygen atoms in total. The molecule has 28 heavy (non-hydrogen) atoms. The molecule has 1 aromatic carbocycles. The Balaban J connectivity index is 1.64. The topological polar surface area (TPSA) is 132 Å². The van der Waals surface area contributed by atoms with Gasteiger partial charge >= 0.3 is 0 Å². The normalized spacial score (nSPS) is 10.3. The van der Waals surface area contributed by atoms with E-state index in [2.05, 4.69) is 20.6 Å². The number of hydrogen-bond acceptors (Lipinski definition) is 8. The van der Waals surface area contributed by atoms with E-state index >= 15 is 0 Å². The Morgan fingerprint density at radius 2 is 2.14 bits per heavy atom. The summed E-state index contributed by atoms with van der Waals surface area (Å²) in [5.74, 6) is 0.356. The van der Waals surface area contributed by atoms with Crippen molar-refractivity contribution in [1.82, 2.24) is 9.97 Å². The van der Waals surface area contributed by atoms with Crippen LogP contribution in [0, 0.1) is 10.1 Å². The lowest BCUT2D eigenvalue weighted by Crippen LogP contribution is -2.22. The predicted octanol–water partition coefficient (Wildman–Crippen LogP) is 3.09. The largest absolute Gasteiger partial charge is 0.492 e. The summed E-state index contributed by atoms with van der Waals surface area (Å²) in [5.41, 5.74) is 0.675. The Morgan fingerprint density at radius 1 is 1.29 bits per heavy atom. The SMILES string of the molecule is CCOc1ccc([N+](=O)[O-])cc1NC(=O)CNc1ncc(-c2ccccn2)o1. The number of anilines is 2. The van der Waals surface area contributed by atoms with Crippen molar-refractivity contribution in [3.05, 3.63) is 58.9 Å². The summed E-state index contributed by atoms with van der Waals surface area (Å²) in [4.78, 5) is 30.8. The van der Waals surface area contributed by atoms with Gasteiger partial charge in [0.2, 0.25) is 5.91 Å². The van der Waals surface area contributed by atoms with Crippen LogP contribution in [-0.2, 0) is 4.79 Å². The minimum atomic E-state index is -0.546. The lowest BCUT2D eigenvalue weighted by molar-refractivity contribution is -0.384. The molecule has 1 amide bonds. The minimum Gasteiger partial charge on any atom is -0.492 e. The molecular weight excluding hydrogens is 366 g/mol. The molecule has 2 heterocycles. The van der Waals surface area contributed by atoms with Gasteiger partial charge in [-0.2, -0.15) is 0 Å². The van der Waals surface area contributed by atoms with Crippen LogP contribution in [0.5, 0.6) is 5.75 Å². The molecule has 3 rings (SSSR count). The fourth-order valence-electron chi connectivity index (χ4n) is 2.34. The summed E-state index contributed by atoms with van der Waals surface area (Å²) in [6.45, 7) is 1.97. The summed E-state index contributed by atoms with van der Waals surface area (Å²) in [7, 11) is 0. The number of carbonyl (C=O) groups is 1. The van der Waals surface area contributed by atoms with Crippen LogP contribution in [0.25, 0.3) is 11.5 Å². The highest BCUT2D eigenvalue weighted by atomic mass is 16.6. The molecule has 10 heteroatoms. The van der Waals surface area contributed by atoms with Gasteiger partial charge in [-0.1, -0.05) is 6.07 Å². The number of hydrogen-bond donors (Lipinski definition) is 2. The van der Waals surface area contributed by atoms with Crippen LogP contribution in [0.15, 0.2) is 53.2 Å². The summed E-state index contributed by atoms with van der Waals surface area (Å²) < 4.78 is 10.9. The first kappa shape index (κ1) is 18.8. The summed E-state index contributed by atoms with van der Waals surface area (Å²) in [6, 6.07) is 9.53. The van der Waals surface area contributed by atoms with Crippen molar-refractivity contribution in [1.29, 1.82) is 0 Å². The second-order valence-corrected chi connectivity index (χ2v) is 5.52. The lowest BCUT2D eigenvalue weighted by atomic mass is 10.2. The average Bonchev–Trinajstić information content (AvgIpc) is 3.17. The van der Waals surface area contributed by atoms with Gasteiger partial charge in [0.1, 0.15) is 11.4 Å². The molecule has 0 aliphatic heterocycles. The molecule has 2 N–H and O–H groups in total. The molecule has 0 radical (unpaired) electrons. The van der Waals surface area contributed by atoms with E-state index in [1.807, 2.05) is 6.07 Å². The molecule has 0 spiro atoms. The first-order chi connectivity index (χ1) is 13.6. The smallest absolute Gasteiger partial charge is 0.295 e. The average molecular weight is 383 g/mol. The number of nitrogens with one attached hydrogen (secondary N) is 2. The van der Waals surface area contributed by atoms with Crippen molar-refractivity contribution in [3.63, 3.8) is 0 Å². The van der Waals surface area contributed by atoms with Gasteiger partial charge in [-0.05, 0) is 25.1 Å². The van der Waals surface area contributed by atoms with Crippen LogP contribution in [0.2, 0.25) is 0 Å². The summed E-state index contributed by atoms with van der Waals surface area (Å²) >= 11 is 0. The van der Waals surface area contributed by atoms with Gasteiger partial charge in [-0.3, -0.25) is 19.9 Å². The van der Waals surface area contributed by atoms with E-state index in [0.717, 1.165) is 0 Å². The van der Waals surface area contributed by atoms with Crippen molar-refractivity contribution in [2.45, 2.75) is 6.92 Å². The molecule has 0 saturated carbocycles. The van der Waals surface area contributed by atoms with Crippen LogP contribution in [0.3, 0.4) is 0 Å². The third-order valence-electron chi connectivity index (χ3n) is 3.57. The number of ether oxygens (including phenoxy) is 1. The maximum atomic E-state index is 12.2. The quantitative estimate of drug-likeness (QED) is 0.448. The van der Waals surface area contributed by atoms with Gasteiger partial charge in [0, 0.05) is 18.3 Å². The van der Waals surface area contributed by atoms with Crippen LogP contribution >= 0.6 is 0 Å². The number of nitrogens with zero attached hydrogens (tertiary/aromatic N) is 3. The zero-order valence-electron chi connectivity index (χ0n) is 14.9. The Bertz CT molecular complexity index is 974. The maximum absolute atomic E-state index is 12.2. The highest BCUT2D eigenvalue weighted by Gasteiger charge is 2.15. The van der Waals surface area contributed by atoms with Gasteiger partial charge < -0.3 is 19.8 Å². The van der Waals surface area contributed by atoms with Crippen molar-refractivity contribution in [2.75, 3.05) is 23.8 Å². The van der Waals surface area contributed by atoms with Gasteiger partial charge in [0.05, 0.1) is 30.0 Å². The zero-order chi connectivity index (χ0) is 19.9. The van der Waals surface area contributed by atoms with Crippen molar-refractivity contribution in [2.24, 2.45) is 0 Å². The van der Waals surface area contributed by atoms with E-state index in [0.29, 0.717) is 23.8 Å². The zero-order valence-corrected chi connectivity index (χ0v) is 14.9. The fraction of sp³-hybridized carbons (Fsp3) is 0.167. The maximum Gasteiger partial charge on any atom is 0.295 e. The van der Waals surface area contributed by atoms with Crippen molar-refractivity contribution < 1.29 is 18.9 Å². The van der Waals surface area contributed by atoms with E-state index in [4.69, 9.17) is 9.15 Å². The minimum absolute atomic E-state index is 0.153. The first-order valence-corrected chi connectivity index (χ1v) is 8.39. The number of benzene rings is 1. The Labute approximate surface area is 159 Å². The summed E-state index contributed by atoms with van der Waals surface area (Å²) in [5, 5.41) is 16.3. The highest BCUT2D eigenvalue weighted by molar-refractivity contribution is 5.95. The molecule has 0 unspecified atom stereocenters. The fourth-order valence-corrected chi connectivity index (χ4v) is 2.34. The molecule has 3 aromatic rings.